The van der Waals surface area contributed by atoms with Gasteiger partial charge in [0.2, 0.25) is 0 Å². The summed E-state index contributed by atoms with van der Waals surface area (Å²) in [7, 11) is 0. The van der Waals surface area contributed by atoms with E-state index in [9.17, 15) is 28.1 Å². The van der Waals surface area contributed by atoms with E-state index >= 15 is 0 Å². The summed E-state index contributed by atoms with van der Waals surface area (Å²) in [4.78, 5) is 21.1. The van der Waals surface area contributed by atoms with Crippen molar-refractivity contribution in [3.63, 3.8) is 0 Å². The summed E-state index contributed by atoms with van der Waals surface area (Å²) in [5.41, 5.74) is -1.02. The number of nitrogens with zero attached hydrogens (tertiary/aromatic N) is 1. The van der Waals surface area contributed by atoms with E-state index in [1.54, 1.807) is 0 Å². The number of nitro benzene ring substituents is 1. The average Bonchev–Trinajstić information content (AvgIpc) is 2.25. The monoisotopic (exact) mass is 327 g/mol. The van der Waals surface area contributed by atoms with Gasteiger partial charge >= 0.3 is 6.36 Å². The quantitative estimate of drug-likeness (QED) is 0.369. The predicted molar refractivity (Wildman–Crippen MR) is 57.9 cm³/mol. The summed E-state index contributed by atoms with van der Waals surface area (Å²) in [5.74, 6) is -1.40. The van der Waals surface area contributed by atoms with Crippen LogP contribution in [0, 0.1) is 10.1 Å². The van der Waals surface area contributed by atoms with Crippen LogP contribution in [0.1, 0.15) is 10.4 Å². The third-order valence-corrected chi connectivity index (χ3v) is 2.33. The molecule has 0 saturated heterocycles. The van der Waals surface area contributed by atoms with Crippen LogP contribution in [0.2, 0.25) is 0 Å². The zero-order chi connectivity index (χ0) is 13.9. The Morgan fingerprint density at radius 1 is 1.44 bits per heavy atom. The molecule has 1 rings (SSSR count). The molecule has 0 spiro atoms. The van der Waals surface area contributed by atoms with Gasteiger partial charge < -0.3 is 4.74 Å². The van der Waals surface area contributed by atoms with E-state index in [-0.39, 0.29) is 5.33 Å². The van der Waals surface area contributed by atoms with Gasteiger partial charge in [-0.3, -0.25) is 14.9 Å². The van der Waals surface area contributed by atoms with Gasteiger partial charge in [-0.15, -0.1) is 13.2 Å². The summed E-state index contributed by atoms with van der Waals surface area (Å²) < 4.78 is 39.5. The number of nitro groups is 1. The summed E-state index contributed by atoms with van der Waals surface area (Å²) in [6.07, 6.45) is -4.93. The van der Waals surface area contributed by atoms with E-state index in [1.807, 2.05) is 0 Å². The number of halogens is 4. The van der Waals surface area contributed by atoms with Crippen LogP contribution < -0.4 is 4.74 Å². The second-order valence-electron chi connectivity index (χ2n) is 3.04. The third kappa shape index (κ3) is 3.69. The lowest BCUT2D eigenvalue weighted by atomic mass is 10.1. The first-order valence-corrected chi connectivity index (χ1v) is 5.50. The summed E-state index contributed by atoms with van der Waals surface area (Å²) in [6, 6.07) is 2.25. The first kappa shape index (κ1) is 14.4. The van der Waals surface area contributed by atoms with Crippen molar-refractivity contribution in [1.29, 1.82) is 0 Å². The van der Waals surface area contributed by atoms with Crippen molar-refractivity contribution in [3.05, 3.63) is 33.9 Å². The maximum atomic E-state index is 12.0. The third-order valence-electron chi connectivity index (χ3n) is 1.82. The second-order valence-corrected chi connectivity index (χ2v) is 3.60. The molecule has 5 nitrogen and oxygen atoms in total. The molecule has 0 heterocycles. The number of rotatable bonds is 4. The van der Waals surface area contributed by atoms with Gasteiger partial charge in [0.15, 0.2) is 5.78 Å². The van der Waals surface area contributed by atoms with Crippen molar-refractivity contribution in [3.8, 4) is 5.75 Å². The zero-order valence-corrected chi connectivity index (χ0v) is 10.1. The number of alkyl halides is 4. The van der Waals surface area contributed by atoms with Crippen molar-refractivity contribution in [2.75, 3.05) is 5.33 Å². The van der Waals surface area contributed by atoms with Crippen LogP contribution in [0.15, 0.2) is 18.2 Å². The van der Waals surface area contributed by atoms with Crippen molar-refractivity contribution in [2.45, 2.75) is 6.36 Å². The smallest absolute Gasteiger partial charge is 0.406 e. The zero-order valence-electron chi connectivity index (χ0n) is 8.53. The number of Topliss-reactive ketones (excluding diaryl/α,β-unsaturated/α-hetero) is 1. The van der Waals surface area contributed by atoms with E-state index < -0.39 is 34.1 Å². The van der Waals surface area contributed by atoms with Gasteiger partial charge in [-0.25, -0.2) is 0 Å². The first-order chi connectivity index (χ1) is 8.24. The molecule has 0 N–H and O–H groups in total. The lowest BCUT2D eigenvalue weighted by molar-refractivity contribution is -0.385. The van der Waals surface area contributed by atoms with Gasteiger partial charge in [-0.1, -0.05) is 15.9 Å². The minimum atomic E-state index is -4.93. The van der Waals surface area contributed by atoms with Crippen molar-refractivity contribution in [2.24, 2.45) is 0 Å². The van der Waals surface area contributed by atoms with Gasteiger partial charge in [0.25, 0.3) is 5.69 Å². The predicted octanol–water partition coefficient (Wildman–Crippen LogP) is 3.07. The largest absolute Gasteiger partial charge is 0.573 e. The van der Waals surface area contributed by atoms with Crippen LogP contribution in [-0.2, 0) is 0 Å². The fourth-order valence-electron chi connectivity index (χ4n) is 1.17. The number of carbonyl (C=O) groups excluding carboxylic acids is 1. The van der Waals surface area contributed by atoms with Crippen LogP contribution in [-0.4, -0.2) is 22.4 Å². The minimum Gasteiger partial charge on any atom is -0.406 e. The molecule has 1 aromatic carbocycles. The Morgan fingerprint density at radius 3 is 2.50 bits per heavy atom. The molecule has 0 fully saturated rings. The molecule has 0 saturated carbocycles. The van der Waals surface area contributed by atoms with Crippen molar-refractivity contribution < 1.29 is 27.6 Å². The van der Waals surface area contributed by atoms with Crippen LogP contribution in [0.3, 0.4) is 0 Å². The fourth-order valence-corrected chi connectivity index (χ4v) is 1.47. The SMILES string of the molecule is O=C(CBr)c1cc(OC(F)(F)F)ccc1[N+](=O)[O-]. The topological polar surface area (TPSA) is 69.4 Å². The summed E-state index contributed by atoms with van der Waals surface area (Å²) in [5, 5.41) is 10.4. The van der Waals surface area contributed by atoms with Crippen LogP contribution in [0.5, 0.6) is 5.75 Å². The second kappa shape index (κ2) is 5.34. The normalized spacial score (nSPS) is 11.1. The van der Waals surface area contributed by atoms with Gasteiger partial charge in [0, 0.05) is 6.07 Å². The molecule has 0 aliphatic rings. The van der Waals surface area contributed by atoms with Gasteiger partial charge in [-0.2, -0.15) is 0 Å². The Kier molecular flexibility index (Phi) is 4.28. The van der Waals surface area contributed by atoms with Crippen molar-refractivity contribution in [1.82, 2.24) is 0 Å². The molecule has 0 aromatic heterocycles. The molecule has 0 aliphatic carbocycles. The highest BCUT2D eigenvalue weighted by Crippen LogP contribution is 2.28. The molecule has 18 heavy (non-hydrogen) atoms. The van der Waals surface area contributed by atoms with E-state index in [1.165, 1.54) is 0 Å². The molecule has 0 amide bonds. The average molecular weight is 328 g/mol. The Labute approximate surface area is 107 Å². The van der Waals surface area contributed by atoms with E-state index in [0.717, 1.165) is 12.1 Å². The standard InChI is InChI=1S/C9H5BrF3NO4/c10-4-8(15)6-3-5(18-9(11,12)13)1-2-7(6)14(16)17/h1-3H,4H2. The molecule has 98 valence electrons. The van der Waals surface area contributed by atoms with E-state index in [2.05, 4.69) is 20.7 Å². The Hall–Kier alpha value is -1.64. The summed E-state index contributed by atoms with van der Waals surface area (Å²) in [6.45, 7) is 0. The number of ether oxygens (including phenoxy) is 1. The fraction of sp³-hybridized carbons (Fsp3) is 0.222. The maximum absolute atomic E-state index is 12.0. The molecule has 0 atom stereocenters. The van der Waals surface area contributed by atoms with Gasteiger partial charge in [0.1, 0.15) is 5.75 Å². The highest BCUT2D eigenvalue weighted by Gasteiger charge is 2.32. The van der Waals surface area contributed by atoms with Gasteiger partial charge in [0.05, 0.1) is 15.8 Å². The number of benzene rings is 1. The molecule has 0 radical (unpaired) electrons. The lowest BCUT2D eigenvalue weighted by Crippen LogP contribution is -2.17. The first-order valence-electron chi connectivity index (χ1n) is 4.38. The Bertz CT molecular complexity index is 489. The Balaban J connectivity index is 3.21. The molecular formula is C9H5BrF3NO4. The van der Waals surface area contributed by atoms with Crippen LogP contribution >= 0.6 is 15.9 Å². The lowest BCUT2D eigenvalue weighted by Gasteiger charge is -2.09. The Morgan fingerprint density at radius 2 is 2.06 bits per heavy atom. The van der Waals surface area contributed by atoms with E-state index in [0.29, 0.717) is 6.07 Å². The maximum Gasteiger partial charge on any atom is 0.573 e. The van der Waals surface area contributed by atoms with Gasteiger partial charge in [-0.05, 0) is 12.1 Å². The molecule has 9 heteroatoms. The molecule has 0 aliphatic heterocycles. The molecule has 0 unspecified atom stereocenters. The minimum absolute atomic E-state index is 0.247. The molecular weight excluding hydrogens is 323 g/mol. The van der Waals surface area contributed by atoms with Crippen LogP contribution in [0.4, 0.5) is 18.9 Å². The molecule has 0 bridgehead atoms. The number of hydrogen-bond acceptors (Lipinski definition) is 4. The highest BCUT2D eigenvalue weighted by molar-refractivity contribution is 9.09. The number of carbonyl (C=O) groups is 1. The molecule has 1 aromatic rings. The van der Waals surface area contributed by atoms with Crippen molar-refractivity contribution >= 4 is 27.4 Å². The van der Waals surface area contributed by atoms with E-state index in [4.69, 9.17) is 0 Å². The summed E-state index contributed by atoms with van der Waals surface area (Å²) >= 11 is 2.79. The number of ketones is 1. The highest BCUT2D eigenvalue weighted by atomic mass is 79.9. The number of hydrogen-bond donors (Lipinski definition) is 0. The van der Waals surface area contributed by atoms with Crippen LogP contribution in [0.25, 0.3) is 0 Å².